The first-order valence-corrected chi connectivity index (χ1v) is 5.65. The fourth-order valence-corrected chi connectivity index (χ4v) is 1.87. The minimum Gasteiger partial charge on any atom is -0.480 e. The third kappa shape index (κ3) is 4.18. The number of carbonyl (C=O) groups is 1. The summed E-state index contributed by atoms with van der Waals surface area (Å²) in [5, 5.41) is 12.1. The normalized spacial score (nSPS) is 24.1. The Labute approximate surface area is 91.0 Å². The first kappa shape index (κ1) is 12.5. The van der Waals surface area contributed by atoms with Gasteiger partial charge in [0.1, 0.15) is 6.04 Å². The second-order valence-electron chi connectivity index (χ2n) is 4.55. The van der Waals surface area contributed by atoms with Crippen LogP contribution in [0.5, 0.6) is 0 Å². The van der Waals surface area contributed by atoms with Crippen LogP contribution in [0, 0.1) is 11.8 Å². The van der Waals surface area contributed by atoms with Crippen LogP contribution in [0.25, 0.3) is 0 Å². The molecular weight excluding hydrogens is 194 g/mol. The minimum atomic E-state index is -0.762. The maximum absolute atomic E-state index is 10.9. The molecular formula is C11H21NO3. The van der Waals surface area contributed by atoms with Gasteiger partial charge in [0.05, 0.1) is 6.61 Å². The molecule has 1 heterocycles. The Balaban J connectivity index is 2.29. The van der Waals surface area contributed by atoms with Gasteiger partial charge >= 0.3 is 5.97 Å². The summed E-state index contributed by atoms with van der Waals surface area (Å²) in [5.41, 5.74) is 0. The van der Waals surface area contributed by atoms with Gasteiger partial charge in [0.25, 0.3) is 0 Å². The molecule has 0 aromatic heterocycles. The minimum absolute atomic E-state index is 0.118. The van der Waals surface area contributed by atoms with Crippen molar-refractivity contribution in [3.05, 3.63) is 0 Å². The maximum atomic E-state index is 10.9. The van der Waals surface area contributed by atoms with Gasteiger partial charge in [-0.3, -0.25) is 4.79 Å². The van der Waals surface area contributed by atoms with Gasteiger partial charge in [-0.2, -0.15) is 0 Å². The van der Waals surface area contributed by atoms with E-state index in [9.17, 15) is 4.79 Å². The van der Waals surface area contributed by atoms with Crippen LogP contribution in [0.4, 0.5) is 0 Å². The fourth-order valence-electron chi connectivity index (χ4n) is 1.87. The highest BCUT2D eigenvalue weighted by Crippen LogP contribution is 2.13. The van der Waals surface area contributed by atoms with Crippen LogP contribution in [0.15, 0.2) is 0 Å². The van der Waals surface area contributed by atoms with Crippen LogP contribution >= 0.6 is 0 Å². The molecule has 1 rings (SSSR count). The van der Waals surface area contributed by atoms with E-state index in [1.54, 1.807) is 0 Å². The van der Waals surface area contributed by atoms with Gasteiger partial charge in [-0.25, -0.2) is 0 Å². The number of rotatable bonds is 5. The highest BCUT2D eigenvalue weighted by atomic mass is 16.5. The summed E-state index contributed by atoms with van der Waals surface area (Å²) in [4.78, 5) is 10.9. The molecule has 2 atom stereocenters. The lowest BCUT2D eigenvalue weighted by atomic mass is 10.00. The lowest BCUT2D eigenvalue weighted by molar-refractivity contribution is -0.140. The lowest BCUT2D eigenvalue weighted by Gasteiger charge is -2.25. The molecule has 0 aliphatic carbocycles. The van der Waals surface area contributed by atoms with E-state index in [1.165, 1.54) is 0 Å². The molecule has 1 fully saturated rings. The monoisotopic (exact) mass is 215 g/mol. The summed E-state index contributed by atoms with van der Waals surface area (Å²) >= 11 is 0. The van der Waals surface area contributed by atoms with Crippen LogP contribution < -0.4 is 5.32 Å². The summed E-state index contributed by atoms with van der Waals surface area (Å²) in [7, 11) is 0. The average Bonchev–Trinajstić information content (AvgIpc) is 2.18. The molecule has 2 unspecified atom stereocenters. The standard InChI is InChI=1S/C11H21NO3/c1-8(2)10(11(13)14)12-6-9-4-3-5-15-7-9/h8-10,12H,3-7H2,1-2H3,(H,13,14). The second-order valence-corrected chi connectivity index (χ2v) is 4.55. The van der Waals surface area contributed by atoms with Crippen molar-refractivity contribution in [2.45, 2.75) is 32.7 Å². The van der Waals surface area contributed by atoms with E-state index in [2.05, 4.69) is 5.32 Å². The Morgan fingerprint density at radius 2 is 2.33 bits per heavy atom. The summed E-state index contributed by atoms with van der Waals surface area (Å²) in [6, 6.07) is -0.438. The van der Waals surface area contributed by atoms with E-state index in [0.717, 1.165) is 32.6 Å². The van der Waals surface area contributed by atoms with Crippen LogP contribution in [-0.2, 0) is 9.53 Å². The van der Waals surface area contributed by atoms with Gasteiger partial charge < -0.3 is 15.2 Å². The Morgan fingerprint density at radius 1 is 1.60 bits per heavy atom. The summed E-state index contributed by atoms with van der Waals surface area (Å²) in [6.07, 6.45) is 2.23. The first-order valence-electron chi connectivity index (χ1n) is 5.65. The largest absolute Gasteiger partial charge is 0.480 e. The maximum Gasteiger partial charge on any atom is 0.320 e. The third-order valence-corrected chi connectivity index (χ3v) is 2.81. The molecule has 0 spiro atoms. The zero-order valence-corrected chi connectivity index (χ0v) is 9.53. The second kappa shape index (κ2) is 6.08. The molecule has 4 heteroatoms. The van der Waals surface area contributed by atoms with Crippen LogP contribution in [0.2, 0.25) is 0 Å². The van der Waals surface area contributed by atoms with Crippen LogP contribution in [-0.4, -0.2) is 36.9 Å². The molecule has 2 N–H and O–H groups in total. The number of carboxylic acid groups (broad SMARTS) is 1. The quantitative estimate of drug-likeness (QED) is 0.721. The van der Waals surface area contributed by atoms with E-state index in [1.807, 2.05) is 13.8 Å². The number of aliphatic carboxylic acids is 1. The molecule has 1 aliphatic heterocycles. The van der Waals surface area contributed by atoms with Crippen molar-refractivity contribution < 1.29 is 14.6 Å². The molecule has 1 saturated heterocycles. The van der Waals surface area contributed by atoms with Crippen molar-refractivity contribution in [1.29, 1.82) is 0 Å². The number of carboxylic acids is 1. The highest BCUT2D eigenvalue weighted by molar-refractivity contribution is 5.73. The number of ether oxygens (including phenoxy) is 1. The smallest absolute Gasteiger partial charge is 0.320 e. The first-order chi connectivity index (χ1) is 7.11. The van der Waals surface area contributed by atoms with Crippen molar-refractivity contribution in [2.24, 2.45) is 11.8 Å². The van der Waals surface area contributed by atoms with Gasteiger partial charge in [-0.1, -0.05) is 13.8 Å². The molecule has 0 amide bonds. The molecule has 0 bridgehead atoms. The Kier molecular flexibility index (Phi) is 5.05. The zero-order chi connectivity index (χ0) is 11.3. The molecule has 0 aromatic carbocycles. The third-order valence-electron chi connectivity index (χ3n) is 2.81. The lowest BCUT2D eigenvalue weighted by Crippen LogP contribution is -2.44. The molecule has 88 valence electrons. The summed E-state index contributed by atoms with van der Waals surface area (Å²) in [5.74, 6) is -0.173. The van der Waals surface area contributed by atoms with Crippen molar-refractivity contribution in [2.75, 3.05) is 19.8 Å². The van der Waals surface area contributed by atoms with Gasteiger partial charge in [-0.05, 0) is 24.7 Å². The van der Waals surface area contributed by atoms with Crippen LogP contribution in [0.1, 0.15) is 26.7 Å². The molecule has 1 aliphatic rings. The molecule has 4 nitrogen and oxygen atoms in total. The van der Waals surface area contributed by atoms with E-state index in [0.29, 0.717) is 5.92 Å². The highest BCUT2D eigenvalue weighted by Gasteiger charge is 2.22. The summed E-state index contributed by atoms with van der Waals surface area (Å²) < 4.78 is 5.35. The molecule has 0 saturated carbocycles. The van der Waals surface area contributed by atoms with Gasteiger partial charge in [0.15, 0.2) is 0 Å². The number of hydrogen-bond acceptors (Lipinski definition) is 3. The zero-order valence-electron chi connectivity index (χ0n) is 9.53. The predicted octanol–water partition coefficient (Wildman–Crippen LogP) is 1.11. The SMILES string of the molecule is CC(C)C(NCC1CCCOC1)C(=O)O. The van der Waals surface area contributed by atoms with Crippen molar-refractivity contribution >= 4 is 5.97 Å². The molecule has 0 aromatic rings. The van der Waals surface area contributed by atoms with E-state index in [-0.39, 0.29) is 5.92 Å². The topological polar surface area (TPSA) is 58.6 Å². The number of nitrogens with one attached hydrogen (secondary N) is 1. The Hall–Kier alpha value is -0.610. The van der Waals surface area contributed by atoms with Crippen molar-refractivity contribution in [1.82, 2.24) is 5.32 Å². The van der Waals surface area contributed by atoms with Crippen LogP contribution in [0.3, 0.4) is 0 Å². The predicted molar refractivity (Wildman–Crippen MR) is 57.8 cm³/mol. The van der Waals surface area contributed by atoms with E-state index >= 15 is 0 Å². The molecule has 0 radical (unpaired) electrons. The fraction of sp³-hybridized carbons (Fsp3) is 0.909. The van der Waals surface area contributed by atoms with E-state index < -0.39 is 12.0 Å². The Bertz CT molecular complexity index is 200. The van der Waals surface area contributed by atoms with Gasteiger partial charge in [-0.15, -0.1) is 0 Å². The average molecular weight is 215 g/mol. The van der Waals surface area contributed by atoms with Gasteiger partial charge in [0, 0.05) is 13.2 Å². The van der Waals surface area contributed by atoms with Gasteiger partial charge in [0.2, 0.25) is 0 Å². The van der Waals surface area contributed by atoms with Crippen molar-refractivity contribution in [3.8, 4) is 0 Å². The molecule has 15 heavy (non-hydrogen) atoms. The van der Waals surface area contributed by atoms with Crippen molar-refractivity contribution in [3.63, 3.8) is 0 Å². The summed E-state index contributed by atoms with van der Waals surface area (Å²) in [6.45, 7) is 6.20. The number of hydrogen-bond donors (Lipinski definition) is 2. The van der Waals surface area contributed by atoms with E-state index in [4.69, 9.17) is 9.84 Å². The Morgan fingerprint density at radius 3 is 2.80 bits per heavy atom.